The Labute approximate surface area is 149 Å². The van der Waals surface area contributed by atoms with Crippen molar-refractivity contribution in [2.24, 2.45) is 4.99 Å². The fraction of sp³-hybridized carbons (Fsp3) is 0.500. The Morgan fingerprint density at radius 2 is 2.20 bits per heavy atom. The van der Waals surface area contributed by atoms with Gasteiger partial charge in [-0.1, -0.05) is 0 Å². The first-order valence-corrected chi connectivity index (χ1v) is 8.75. The molecule has 0 aliphatic carbocycles. The molecule has 2 aromatic heterocycles. The van der Waals surface area contributed by atoms with Crippen molar-refractivity contribution >= 4 is 5.96 Å². The van der Waals surface area contributed by atoms with Gasteiger partial charge < -0.3 is 15.4 Å². The fourth-order valence-electron chi connectivity index (χ4n) is 2.43. The van der Waals surface area contributed by atoms with Gasteiger partial charge in [0.15, 0.2) is 5.96 Å². The highest BCUT2D eigenvalue weighted by molar-refractivity contribution is 5.79. The van der Waals surface area contributed by atoms with Gasteiger partial charge >= 0.3 is 0 Å². The molecule has 136 valence electrons. The largest absolute Gasteiger partial charge is 0.490 e. The zero-order chi connectivity index (χ0) is 17.9. The minimum Gasteiger partial charge on any atom is -0.490 e. The van der Waals surface area contributed by atoms with Crippen LogP contribution >= 0.6 is 0 Å². The molecule has 2 heterocycles. The van der Waals surface area contributed by atoms with E-state index in [0.717, 1.165) is 43.5 Å². The summed E-state index contributed by atoms with van der Waals surface area (Å²) in [5.41, 5.74) is 2.25. The molecule has 0 amide bonds. The molecule has 0 aliphatic rings. The molecule has 0 unspecified atom stereocenters. The van der Waals surface area contributed by atoms with Crippen LogP contribution in [0.25, 0.3) is 0 Å². The van der Waals surface area contributed by atoms with Crippen LogP contribution in [0.5, 0.6) is 5.75 Å². The number of aryl methyl sites for hydroxylation is 3. The number of ether oxygens (including phenoxy) is 1. The summed E-state index contributed by atoms with van der Waals surface area (Å²) in [5.74, 6) is 1.58. The third-order valence-electron chi connectivity index (χ3n) is 3.54. The lowest BCUT2D eigenvalue weighted by molar-refractivity contribution is 0.320. The van der Waals surface area contributed by atoms with E-state index in [9.17, 15) is 0 Å². The van der Waals surface area contributed by atoms with Crippen LogP contribution in [0.3, 0.4) is 0 Å². The van der Waals surface area contributed by atoms with Gasteiger partial charge in [0.05, 0.1) is 18.4 Å². The summed E-state index contributed by atoms with van der Waals surface area (Å²) in [4.78, 5) is 8.62. The molecule has 0 saturated heterocycles. The molecule has 2 aromatic rings. The molecule has 0 radical (unpaired) electrons. The van der Waals surface area contributed by atoms with Gasteiger partial charge in [0, 0.05) is 31.5 Å². The van der Waals surface area contributed by atoms with Gasteiger partial charge in [0.25, 0.3) is 0 Å². The Bertz CT molecular complexity index is 653. The van der Waals surface area contributed by atoms with Gasteiger partial charge in [-0.2, -0.15) is 5.10 Å². The number of hydrogen-bond acceptors (Lipinski definition) is 4. The second kappa shape index (κ2) is 10.3. The Kier molecular flexibility index (Phi) is 7.75. The highest BCUT2D eigenvalue weighted by atomic mass is 16.5. The molecule has 0 fully saturated rings. The third-order valence-corrected chi connectivity index (χ3v) is 3.54. The van der Waals surface area contributed by atoms with Gasteiger partial charge in [-0.3, -0.25) is 14.7 Å². The van der Waals surface area contributed by atoms with E-state index in [1.165, 1.54) is 5.69 Å². The summed E-state index contributed by atoms with van der Waals surface area (Å²) in [6.07, 6.45) is 4.39. The van der Waals surface area contributed by atoms with Crippen LogP contribution in [0.15, 0.2) is 35.6 Å². The number of pyridine rings is 1. The van der Waals surface area contributed by atoms with Crippen molar-refractivity contribution < 1.29 is 4.74 Å². The van der Waals surface area contributed by atoms with Crippen LogP contribution in [0, 0.1) is 13.8 Å². The summed E-state index contributed by atoms with van der Waals surface area (Å²) >= 11 is 0. The molecule has 0 spiro atoms. The van der Waals surface area contributed by atoms with Crippen molar-refractivity contribution in [3.63, 3.8) is 0 Å². The van der Waals surface area contributed by atoms with E-state index in [0.29, 0.717) is 13.2 Å². The van der Waals surface area contributed by atoms with Crippen molar-refractivity contribution in [1.29, 1.82) is 0 Å². The molecule has 7 heteroatoms. The Morgan fingerprint density at radius 1 is 1.32 bits per heavy atom. The fourth-order valence-corrected chi connectivity index (χ4v) is 2.43. The smallest absolute Gasteiger partial charge is 0.191 e. The van der Waals surface area contributed by atoms with E-state index >= 15 is 0 Å². The molecule has 0 aromatic carbocycles. The van der Waals surface area contributed by atoms with E-state index in [1.54, 1.807) is 12.4 Å². The number of guanidine groups is 1. The zero-order valence-corrected chi connectivity index (χ0v) is 15.3. The summed E-state index contributed by atoms with van der Waals surface area (Å²) in [6.45, 7) is 9.84. The van der Waals surface area contributed by atoms with Crippen molar-refractivity contribution in [3.8, 4) is 5.75 Å². The molecule has 0 aliphatic heterocycles. The van der Waals surface area contributed by atoms with Crippen LogP contribution in [-0.2, 0) is 6.54 Å². The Balaban J connectivity index is 1.69. The quantitative estimate of drug-likeness (QED) is 0.413. The highest BCUT2D eigenvalue weighted by Crippen LogP contribution is 2.05. The summed E-state index contributed by atoms with van der Waals surface area (Å²) in [6, 6.07) is 5.85. The summed E-state index contributed by atoms with van der Waals surface area (Å²) in [7, 11) is 0. The maximum absolute atomic E-state index is 5.61. The summed E-state index contributed by atoms with van der Waals surface area (Å²) in [5, 5.41) is 11.0. The molecule has 0 saturated carbocycles. The average molecular weight is 344 g/mol. The first kappa shape index (κ1) is 18.8. The van der Waals surface area contributed by atoms with Crippen molar-refractivity contribution in [2.45, 2.75) is 33.7 Å². The number of aromatic nitrogens is 3. The predicted octanol–water partition coefficient (Wildman–Crippen LogP) is 1.92. The summed E-state index contributed by atoms with van der Waals surface area (Å²) < 4.78 is 7.65. The van der Waals surface area contributed by atoms with E-state index < -0.39 is 0 Å². The number of aliphatic imine (C=N–C) groups is 1. The van der Waals surface area contributed by atoms with Crippen molar-refractivity contribution in [1.82, 2.24) is 25.4 Å². The van der Waals surface area contributed by atoms with Gasteiger partial charge in [-0.15, -0.1) is 0 Å². The lowest BCUT2D eigenvalue weighted by atomic mass is 10.4. The van der Waals surface area contributed by atoms with E-state index in [2.05, 4.69) is 45.6 Å². The zero-order valence-electron chi connectivity index (χ0n) is 15.3. The molecular formula is C18H28N6O. The molecule has 25 heavy (non-hydrogen) atoms. The molecule has 2 N–H and O–H groups in total. The van der Waals surface area contributed by atoms with E-state index in [-0.39, 0.29) is 0 Å². The van der Waals surface area contributed by atoms with Crippen molar-refractivity contribution in [2.75, 3.05) is 26.2 Å². The average Bonchev–Trinajstić information content (AvgIpc) is 2.93. The first-order valence-electron chi connectivity index (χ1n) is 8.75. The third kappa shape index (κ3) is 6.82. The molecule has 2 rings (SSSR count). The second-order valence-electron chi connectivity index (χ2n) is 5.73. The maximum Gasteiger partial charge on any atom is 0.191 e. The van der Waals surface area contributed by atoms with Gasteiger partial charge in [-0.25, -0.2) is 0 Å². The number of nitrogens with zero attached hydrogens (tertiary/aromatic N) is 4. The monoisotopic (exact) mass is 344 g/mol. The Hall–Kier alpha value is -2.57. The first-order chi connectivity index (χ1) is 12.2. The molecular weight excluding hydrogens is 316 g/mol. The SMILES string of the molecule is CCNC(=NCCCn1nc(C)cc1C)NCCOc1cccnc1. The van der Waals surface area contributed by atoms with Gasteiger partial charge in [-0.05, 0) is 45.4 Å². The minimum atomic E-state index is 0.557. The molecule has 0 atom stereocenters. The number of nitrogens with one attached hydrogen (secondary N) is 2. The van der Waals surface area contributed by atoms with Gasteiger partial charge in [0.2, 0.25) is 0 Å². The highest BCUT2D eigenvalue weighted by Gasteiger charge is 2.01. The van der Waals surface area contributed by atoms with Crippen LogP contribution in [-0.4, -0.2) is 47.0 Å². The van der Waals surface area contributed by atoms with Gasteiger partial charge in [0.1, 0.15) is 12.4 Å². The van der Waals surface area contributed by atoms with Crippen LogP contribution in [0.1, 0.15) is 24.7 Å². The molecule has 0 bridgehead atoms. The lowest BCUT2D eigenvalue weighted by Gasteiger charge is -2.12. The second-order valence-corrected chi connectivity index (χ2v) is 5.73. The topological polar surface area (TPSA) is 76.4 Å². The van der Waals surface area contributed by atoms with Crippen molar-refractivity contribution in [3.05, 3.63) is 42.0 Å². The standard InChI is InChI=1S/C18H28N6O/c1-4-20-18(22-10-12-25-17-7-5-8-19-14-17)21-9-6-11-24-16(3)13-15(2)23-24/h5,7-8,13-14H,4,6,9-12H2,1-3H3,(H2,20,21,22). The minimum absolute atomic E-state index is 0.557. The normalized spacial score (nSPS) is 11.4. The van der Waals surface area contributed by atoms with Crippen LogP contribution in [0.4, 0.5) is 0 Å². The molecule has 7 nitrogen and oxygen atoms in total. The van der Waals surface area contributed by atoms with E-state index in [4.69, 9.17) is 4.74 Å². The lowest BCUT2D eigenvalue weighted by Crippen LogP contribution is -2.39. The number of hydrogen-bond donors (Lipinski definition) is 2. The van der Waals surface area contributed by atoms with E-state index in [1.807, 2.05) is 23.7 Å². The maximum atomic E-state index is 5.61. The number of rotatable bonds is 9. The van der Waals surface area contributed by atoms with Crippen LogP contribution in [0.2, 0.25) is 0 Å². The predicted molar refractivity (Wildman–Crippen MR) is 100 cm³/mol. The Morgan fingerprint density at radius 3 is 2.88 bits per heavy atom. The van der Waals surface area contributed by atoms with Crippen LogP contribution < -0.4 is 15.4 Å².